The largest absolute Gasteiger partial charge is 0.360 e. The Balaban J connectivity index is 1.53. The topological polar surface area (TPSA) is 84.2 Å². The van der Waals surface area contributed by atoms with Crippen molar-refractivity contribution >= 4 is 23.3 Å². The summed E-state index contributed by atoms with van der Waals surface area (Å²) < 4.78 is 17.6. The molecule has 2 atom stereocenters. The van der Waals surface area contributed by atoms with E-state index in [1.165, 1.54) is 24.3 Å². The van der Waals surface area contributed by atoms with Gasteiger partial charge in [0.1, 0.15) is 11.6 Å². The van der Waals surface area contributed by atoms with Crippen LogP contribution in [0.15, 0.2) is 34.9 Å². The summed E-state index contributed by atoms with van der Waals surface area (Å²) in [6.45, 7) is 1.72. The highest BCUT2D eigenvalue weighted by Gasteiger charge is 2.48. The van der Waals surface area contributed by atoms with Crippen molar-refractivity contribution in [3.05, 3.63) is 41.9 Å². The second-order valence-corrected chi connectivity index (χ2v) is 5.26. The number of nitrogens with zero attached hydrogens (tertiary/aromatic N) is 1. The smallest absolute Gasteiger partial charge is 0.229 e. The molecule has 0 radical (unpaired) electrons. The first-order valence-corrected chi connectivity index (χ1v) is 6.83. The molecule has 2 amide bonds. The van der Waals surface area contributed by atoms with Gasteiger partial charge in [-0.2, -0.15) is 0 Å². The Hall–Kier alpha value is -2.70. The van der Waals surface area contributed by atoms with Gasteiger partial charge in [-0.1, -0.05) is 5.16 Å². The molecule has 2 aromatic rings. The van der Waals surface area contributed by atoms with Crippen molar-refractivity contribution in [2.24, 2.45) is 11.8 Å². The molecule has 7 heteroatoms. The van der Waals surface area contributed by atoms with E-state index in [9.17, 15) is 14.0 Å². The molecule has 2 unspecified atom stereocenters. The zero-order chi connectivity index (χ0) is 15.7. The minimum atomic E-state index is -0.377. The van der Waals surface area contributed by atoms with Crippen LogP contribution in [0.4, 0.5) is 15.9 Å². The third kappa shape index (κ3) is 3.13. The summed E-state index contributed by atoms with van der Waals surface area (Å²) in [7, 11) is 0. The first kappa shape index (κ1) is 14.2. The molecule has 1 aromatic carbocycles. The normalized spacial score (nSPS) is 19.5. The fourth-order valence-electron chi connectivity index (χ4n) is 2.19. The molecule has 1 aliphatic carbocycles. The van der Waals surface area contributed by atoms with Gasteiger partial charge in [0.2, 0.25) is 11.8 Å². The number of halogens is 1. The van der Waals surface area contributed by atoms with E-state index in [-0.39, 0.29) is 29.5 Å². The third-order valence-electron chi connectivity index (χ3n) is 3.45. The summed E-state index contributed by atoms with van der Waals surface area (Å²) in [6.07, 6.45) is 0.482. The summed E-state index contributed by atoms with van der Waals surface area (Å²) in [6, 6.07) is 7.08. The highest BCUT2D eigenvalue weighted by atomic mass is 19.1. The van der Waals surface area contributed by atoms with Crippen LogP contribution in [0.25, 0.3) is 0 Å². The average molecular weight is 303 g/mol. The predicted octanol–water partition coefficient (Wildman–Crippen LogP) is 2.34. The molecular weight excluding hydrogens is 289 g/mol. The zero-order valence-corrected chi connectivity index (χ0v) is 11.8. The number of amides is 2. The number of rotatable bonds is 4. The molecule has 1 saturated carbocycles. The van der Waals surface area contributed by atoms with Crippen molar-refractivity contribution in [1.82, 2.24) is 5.16 Å². The van der Waals surface area contributed by atoms with Gasteiger partial charge in [0, 0.05) is 11.8 Å². The van der Waals surface area contributed by atoms with Gasteiger partial charge in [-0.15, -0.1) is 0 Å². The van der Waals surface area contributed by atoms with Crippen LogP contribution in [0.3, 0.4) is 0 Å². The van der Waals surface area contributed by atoms with Crippen LogP contribution in [0.1, 0.15) is 12.2 Å². The maximum Gasteiger partial charge on any atom is 0.229 e. The van der Waals surface area contributed by atoms with Crippen LogP contribution in [-0.4, -0.2) is 17.0 Å². The molecule has 1 aliphatic rings. The predicted molar refractivity (Wildman–Crippen MR) is 76.5 cm³/mol. The Kier molecular flexibility index (Phi) is 3.62. The molecule has 0 saturated heterocycles. The molecule has 1 heterocycles. The van der Waals surface area contributed by atoms with Crippen molar-refractivity contribution in [2.45, 2.75) is 13.3 Å². The van der Waals surface area contributed by atoms with Crippen LogP contribution in [0.2, 0.25) is 0 Å². The van der Waals surface area contributed by atoms with Crippen LogP contribution >= 0.6 is 0 Å². The first-order chi connectivity index (χ1) is 10.5. The summed E-state index contributed by atoms with van der Waals surface area (Å²) in [5, 5.41) is 8.94. The molecule has 2 N–H and O–H groups in total. The Morgan fingerprint density at radius 1 is 1.18 bits per heavy atom. The van der Waals surface area contributed by atoms with Crippen molar-refractivity contribution in [3.63, 3.8) is 0 Å². The van der Waals surface area contributed by atoms with E-state index in [1.54, 1.807) is 13.0 Å². The van der Waals surface area contributed by atoms with Gasteiger partial charge in [0.25, 0.3) is 0 Å². The minimum absolute atomic E-state index is 0.247. The van der Waals surface area contributed by atoms with Crippen LogP contribution in [-0.2, 0) is 9.59 Å². The minimum Gasteiger partial charge on any atom is -0.360 e. The fourth-order valence-corrected chi connectivity index (χ4v) is 2.19. The zero-order valence-electron chi connectivity index (χ0n) is 11.8. The van der Waals surface area contributed by atoms with Gasteiger partial charge in [-0.05, 0) is 37.6 Å². The quantitative estimate of drug-likeness (QED) is 0.908. The van der Waals surface area contributed by atoms with Gasteiger partial charge >= 0.3 is 0 Å². The number of carbonyl (C=O) groups is 2. The molecular formula is C15H14FN3O3. The summed E-state index contributed by atoms with van der Waals surface area (Å²) in [5.74, 6) is -0.695. The Morgan fingerprint density at radius 3 is 2.41 bits per heavy atom. The average Bonchev–Trinajstić information content (AvgIpc) is 3.19. The van der Waals surface area contributed by atoms with Crippen molar-refractivity contribution in [3.8, 4) is 0 Å². The SMILES string of the molecule is Cc1cc(NC(=O)C2CC2C(=O)Nc2ccc(F)cc2)no1. The monoisotopic (exact) mass is 303 g/mol. The molecule has 0 bridgehead atoms. The lowest BCUT2D eigenvalue weighted by Crippen LogP contribution is -2.20. The lowest BCUT2D eigenvalue weighted by Gasteiger charge is -2.04. The molecule has 22 heavy (non-hydrogen) atoms. The van der Waals surface area contributed by atoms with Crippen LogP contribution < -0.4 is 10.6 Å². The van der Waals surface area contributed by atoms with E-state index in [4.69, 9.17) is 4.52 Å². The number of nitrogens with one attached hydrogen (secondary N) is 2. The highest BCUT2D eigenvalue weighted by molar-refractivity contribution is 6.02. The summed E-state index contributed by atoms with van der Waals surface area (Å²) in [5.41, 5.74) is 0.504. The highest BCUT2D eigenvalue weighted by Crippen LogP contribution is 2.40. The summed E-state index contributed by atoms with van der Waals surface area (Å²) in [4.78, 5) is 24.0. The van der Waals surface area contributed by atoms with E-state index in [1.807, 2.05) is 0 Å². The van der Waals surface area contributed by atoms with Gasteiger partial charge in [0.15, 0.2) is 5.82 Å². The number of hydrogen-bond donors (Lipinski definition) is 2. The van der Waals surface area contributed by atoms with Crippen molar-refractivity contribution in [2.75, 3.05) is 10.6 Å². The Morgan fingerprint density at radius 2 is 1.82 bits per heavy atom. The van der Waals surface area contributed by atoms with Gasteiger partial charge in [-0.25, -0.2) is 4.39 Å². The first-order valence-electron chi connectivity index (χ1n) is 6.83. The summed E-state index contributed by atoms with van der Waals surface area (Å²) >= 11 is 0. The van der Waals surface area contributed by atoms with Crippen molar-refractivity contribution in [1.29, 1.82) is 0 Å². The van der Waals surface area contributed by atoms with Gasteiger partial charge < -0.3 is 15.2 Å². The number of aromatic nitrogens is 1. The van der Waals surface area contributed by atoms with Crippen LogP contribution in [0, 0.1) is 24.6 Å². The molecule has 114 valence electrons. The standard InChI is InChI=1S/C15H14FN3O3/c1-8-6-13(19-22-8)18-15(21)12-7-11(12)14(20)17-10-4-2-9(16)3-5-10/h2-6,11-12H,7H2,1H3,(H,17,20)(H,18,19,21). The van der Waals surface area contributed by atoms with Crippen LogP contribution in [0.5, 0.6) is 0 Å². The van der Waals surface area contributed by atoms with Gasteiger partial charge in [0.05, 0.1) is 11.8 Å². The lowest BCUT2D eigenvalue weighted by molar-refractivity contribution is -0.122. The number of hydrogen-bond acceptors (Lipinski definition) is 4. The van der Waals surface area contributed by atoms with E-state index in [0.29, 0.717) is 23.7 Å². The van der Waals surface area contributed by atoms with E-state index in [2.05, 4.69) is 15.8 Å². The Labute approximate surface area is 125 Å². The van der Waals surface area contributed by atoms with Crippen molar-refractivity contribution < 1.29 is 18.5 Å². The molecule has 1 aromatic heterocycles. The molecule has 0 aliphatic heterocycles. The van der Waals surface area contributed by atoms with E-state index >= 15 is 0 Å². The number of benzene rings is 1. The van der Waals surface area contributed by atoms with Gasteiger partial charge in [-0.3, -0.25) is 9.59 Å². The maximum atomic E-state index is 12.8. The maximum absolute atomic E-state index is 12.8. The Bertz CT molecular complexity index is 711. The van der Waals surface area contributed by atoms with E-state index < -0.39 is 0 Å². The molecule has 0 spiro atoms. The number of carbonyl (C=O) groups excluding carboxylic acids is 2. The van der Waals surface area contributed by atoms with E-state index in [0.717, 1.165) is 0 Å². The second kappa shape index (κ2) is 5.59. The second-order valence-electron chi connectivity index (χ2n) is 5.26. The number of anilines is 2. The molecule has 3 rings (SSSR count). The fraction of sp³-hybridized carbons (Fsp3) is 0.267. The lowest BCUT2D eigenvalue weighted by atomic mass is 10.2. The third-order valence-corrected chi connectivity index (χ3v) is 3.45. The number of aryl methyl sites for hydroxylation is 1. The molecule has 1 fully saturated rings. The molecule has 6 nitrogen and oxygen atoms in total.